The monoisotopic (exact) mass is 387 g/mol. The number of carbonyl (C=O) groups is 1. The van der Waals surface area contributed by atoms with Crippen LogP contribution in [0.5, 0.6) is 5.75 Å². The summed E-state index contributed by atoms with van der Waals surface area (Å²) in [4.78, 5) is 17.2. The molecular formula is C16H16F3N3O3S. The number of pyridine rings is 1. The number of nitrogen functional groups attached to an aromatic ring is 1. The summed E-state index contributed by atoms with van der Waals surface area (Å²) in [7, 11) is 0. The Kier molecular flexibility index (Phi) is 6.32. The summed E-state index contributed by atoms with van der Waals surface area (Å²) in [6.07, 6.45) is -4.00. The van der Waals surface area contributed by atoms with E-state index in [1.54, 1.807) is 0 Å². The minimum Gasteiger partial charge on any atom is -0.406 e. The molecular weight excluding hydrogens is 371 g/mol. The van der Waals surface area contributed by atoms with Gasteiger partial charge in [0.25, 0.3) is 5.91 Å². The van der Waals surface area contributed by atoms with Crippen LogP contribution in [0.2, 0.25) is 0 Å². The average molecular weight is 387 g/mol. The Morgan fingerprint density at radius 3 is 2.54 bits per heavy atom. The summed E-state index contributed by atoms with van der Waals surface area (Å²) >= 11 is 1.22. The van der Waals surface area contributed by atoms with E-state index < -0.39 is 18.4 Å². The zero-order chi connectivity index (χ0) is 19.3. The minimum absolute atomic E-state index is 0.0314. The molecule has 0 radical (unpaired) electrons. The van der Waals surface area contributed by atoms with Gasteiger partial charge in [0.05, 0.1) is 11.8 Å². The third-order valence-electron chi connectivity index (χ3n) is 2.96. The molecule has 4 N–H and O–H groups in total. The largest absolute Gasteiger partial charge is 0.573 e. The first-order chi connectivity index (χ1) is 12.1. The van der Waals surface area contributed by atoms with Crippen LogP contribution in [0.4, 0.5) is 18.9 Å². The van der Waals surface area contributed by atoms with Crippen LogP contribution in [0.25, 0.3) is 0 Å². The Hall–Kier alpha value is -2.46. The molecule has 6 nitrogen and oxygen atoms in total. The van der Waals surface area contributed by atoms with Crippen LogP contribution in [0, 0.1) is 0 Å². The smallest absolute Gasteiger partial charge is 0.406 e. The van der Waals surface area contributed by atoms with E-state index in [-0.39, 0.29) is 23.7 Å². The zero-order valence-electron chi connectivity index (χ0n) is 13.6. The van der Waals surface area contributed by atoms with Gasteiger partial charge < -0.3 is 20.9 Å². The Morgan fingerprint density at radius 2 is 2.00 bits per heavy atom. The van der Waals surface area contributed by atoms with Crippen molar-refractivity contribution in [1.29, 1.82) is 0 Å². The molecule has 0 saturated heterocycles. The van der Waals surface area contributed by atoms with Crippen molar-refractivity contribution in [3.63, 3.8) is 0 Å². The first kappa shape index (κ1) is 19.9. The molecule has 1 amide bonds. The lowest BCUT2D eigenvalue weighted by Crippen LogP contribution is -2.31. The molecule has 1 aromatic heterocycles. The number of aromatic nitrogens is 1. The Bertz CT molecular complexity index is 768. The van der Waals surface area contributed by atoms with Crippen LogP contribution < -0.4 is 15.8 Å². The molecule has 1 atom stereocenters. The lowest BCUT2D eigenvalue weighted by molar-refractivity contribution is -0.274. The third-order valence-corrected chi connectivity index (χ3v) is 3.93. The lowest BCUT2D eigenvalue weighted by atomic mass is 10.3. The fourth-order valence-corrected chi connectivity index (χ4v) is 2.71. The summed E-state index contributed by atoms with van der Waals surface area (Å²) in [6.45, 7) is 1.60. The maximum Gasteiger partial charge on any atom is 0.573 e. The third kappa shape index (κ3) is 6.12. The van der Waals surface area contributed by atoms with Gasteiger partial charge in [-0.3, -0.25) is 4.79 Å². The van der Waals surface area contributed by atoms with E-state index in [1.807, 2.05) is 0 Å². The van der Waals surface area contributed by atoms with Crippen LogP contribution in [-0.4, -0.2) is 35.0 Å². The van der Waals surface area contributed by atoms with Crippen molar-refractivity contribution in [2.45, 2.75) is 29.2 Å². The van der Waals surface area contributed by atoms with Gasteiger partial charge in [-0.2, -0.15) is 0 Å². The molecule has 0 fully saturated rings. The van der Waals surface area contributed by atoms with E-state index in [1.165, 1.54) is 55.2 Å². The molecule has 0 bridgehead atoms. The number of nitrogens with zero attached hydrogens (tertiary/aromatic N) is 1. The quantitative estimate of drug-likeness (QED) is 0.705. The Morgan fingerprint density at radius 1 is 1.35 bits per heavy atom. The highest BCUT2D eigenvalue weighted by Crippen LogP contribution is 2.31. The van der Waals surface area contributed by atoms with E-state index in [0.717, 1.165) is 0 Å². The average Bonchev–Trinajstić information content (AvgIpc) is 2.53. The number of hydrogen-bond acceptors (Lipinski definition) is 6. The van der Waals surface area contributed by atoms with Gasteiger partial charge in [0.1, 0.15) is 5.75 Å². The number of amides is 1. The standard InChI is InChI=1S/C16H16F3N3O3S/c1-9(23)7-22-15(24)14-13(20)6-12(8-21-14)26-11-4-2-10(3-5-11)25-16(17,18)19/h2-6,8-9,23H,7,20H2,1H3,(H,22,24). The molecule has 0 aliphatic rings. The number of benzene rings is 1. The van der Waals surface area contributed by atoms with Gasteiger partial charge >= 0.3 is 6.36 Å². The zero-order valence-corrected chi connectivity index (χ0v) is 14.4. The molecule has 2 rings (SSSR count). The summed E-state index contributed by atoms with van der Waals surface area (Å²) in [5.74, 6) is -0.821. The fourth-order valence-electron chi connectivity index (χ4n) is 1.88. The van der Waals surface area contributed by atoms with Crippen LogP contribution in [0.15, 0.2) is 46.3 Å². The van der Waals surface area contributed by atoms with Crippen molar-refractivity contribution in [3.05, 3.63) is 42.2 Å². The second-order valence-corrected chi connectivity index (χ2v) is 6.44. The van der Waals surface area contributed by atoms with Crippen LogP contribution in [0.1, 0.15) is 17.4 Å². The molecule has 0 aliphatic carbocycles. The molecule has 10 heteroatoms. The van der Waals surface area contributed by atoms with Crippen molar-refractivity contribution < 1.29 is 27.8 Å². The number of ether oxygens (including phenoxy) is 1. The number of aliphatic hydroxyl groups excluding tert-OH is 1. The molecule has 2 aromatic rings. The first-order valence-corrected chi connectivity index (χ1v) is 8.21. The second kappa shape index (κ2) is 8.28. The summed E-state index contributed by atoms with van der Waals surface area (Å²) < 4.78 is 40.2. The number of carbonyl (C=O) groups excluding carboxylic acids is 1. The van der Waals surface area contributed by atoms with Crippen LogP contribution >= 0.6 is 11.8 Å². The molecule has 0 saturated carbocycles. The van der Waals surface area contributed by atoms with Gasteiger partial charge in [-0.25, -0.2) is 4.98 Å². The number of nitrogens with two attached hydrogens (primary N) is 1. The van der Waals surface area contributed by atoms with Gasteiger partial charge in [0, 0.05) is 22.5 Å². The van der Waals surface area contributed by atoms with Crippen molar-refractivity contribution in [1.82, 2.24) is 10.3 Å². The fraction of sp³-hybridized carbons (Fsp3) is 0.250. The van der Waals surface area contributed by atoms with Gasteiger partial charge in [-0.1, -0.05) is 11.8 Å². The van der Waals surface area contributed by atoms with Crippen molar-refractivity contribution in [2.24, 2.45) is 0 Å². The second-order valence-electron chi connectivity index (χ2n) is 5.29. The Balaban J connectivity index is 2.04. The summed E-state index contributed by atoms with van der Waals surface area (Å²) in [5, 5.41) is 11.7. The van der Waals surface area contributed by atoms with Gasteiger partial charge in [0.15, 0.2) is 5.69 Å². The maximum atomic E-state index is 12.1. The predicted octanol–water partition coefficient (Wildman–Crippen LogP) is 2.82. The highest BCUT2D eigenvalue weighted by atomic mass is 32.2. The SMILES string of the molecule is CC(O)CNC(=O)c1ncc(Sc2ccc(OC(F)(F)F)cc2)cc1N. The van der Waals surface area contributed by atoms with E-state index in [4.69, 9.17) is 10.8 Å². The minimum atomic E-state index is -4.74. The molecule has 1 unspecified atom stereocenters. The molecule has 26 heavy (non-hydrogen) atoms. The predicted molar refractivity (Wildman–Crippen MR) is 89.9 cm³/mol. The van der Waals surface area contributed by atoms with E-state index in [2.05, 4.69) is 15.0 Å². The van der Waals surface area contributed by atoms with Gasteiger partial charge in [-0.15, -0.1) is 13.2 Å². The highest BCUT2D eigenvalue weighted by molar-refractivity contribution is 7.99. The number of nitrogens with one attached hydrogen (secondary N) is 1. The van der Waals surface area contributed by atoms with Gasteiger partial charge in [0.2, 0.25) is 0 Å². The molecule has 0 aliphatic heterocycles. The normalized spacial score (nSPS) is 12.5. The highest BCUT2D eigenvalue weighted by Gasteiger charge is 2.30. The first-order valence-electron chi connectivity index (χ1n) is 7.39. The van der Waals surface area contributed by atoms with Crippen LogP contribution in [0.3, 0.4) is 0 Å². The number of rotatable bonds is 6. The molecule has 0 spiro atoms. The topological polar surface area (TPSA) is 97.5 Å². The number of anilines is 1. The van der Waals surface area contributed by atoms with E-state index >= 15 is 0 Å². The van der Waals surface area contributed by atoms with Crippen molar-refractivity contribution >= 4 is 23.4 Å². The van der Waals surface area contributed by atoms with Crippen LogP contribution in [-0.2, 0) is 0 Å². The van der Waals surface area contributed by atoms with Crippen molar-refractivity contribution in [2.75, 3.05) is 12.3 Å². The van der Waals surface area contributed by atoms with Gasteiger partial charge in [-0.05, 0) is 37.3 Å². The number of aliphatic hydroxyl groups is 1. The number of alkyl halides is 3. The van der Waals surface area contributed by atoms with E-state index in [9.17, 15) is 18.0 Å². The summed E-state index contributed by atoms with van der Waals surface area (Å²) in [5.41, 5.74) is 6.01. The Labute approximate surface area is 151 Å². The number of hydrogen-bond donors (Lipinski definition) is 3. The molecule has 1 heterocycles. The maximum absolute atomic E-state index is 12.1. The molecule has 140 valence electrons. The number of halogens is 3. The van der Waals surface area contributed by atoms with Crippen molar-refractivity contribution in [3.8, 4) is 5.75 Å². The lowest BCUT2D eigenvalue weighted by Gasteiger charge is -2.10. The van der Waals surface area contributed by atoms with E-state index in [0.29, 0.717) is 9.79 Å². The summed E-state index contributed by atoms with van der Waals surface area (Å²) in [6, 6.07) is 6.86. The molecule has 1 aromatic carbocycles.